The lowest BCUT2D eigenvalue weighted by atomic mass is 10.1. The highest BCUT2D eigenvalue weighted by molar-refractivity contribution is 6.42. The Morgan fingerprint density at radius 1 is 1.16 bits per heavy atom. The van der Waals surface area contributed by atoms with Crippen LogP contribution < -0.4 is 5.32 Å². The molecule has 0 atom stereocenters. The first-order valence-corrected chi connectivity index (χ1v) is 6.25. The molecule has 5 heteroatoms. The lowest BCUT2D eigenvalue weighted by Gasteiger charge is -2.04. The van der Waals surface area contributed by atoms with Crippen LogP contribution in [0.5, 0.6) is 0 Å². The Kier molecular flexibility index (Phi) is 4.36. The third-order valence-electron chi connectivity index (χ3n) is 2.66. The van der Waals surface area contributed by atoms with Gasteiger partial charge in [-0.05, 0) is 36.2 Å². The molecule has 98 valence electrons. The fraction of sp³-hybridized carbons (Fsp3) is 0.143. The van der Waals surface area contributed by atoms with Crippen LogP contribution in [0, 0.1) is 0 Å². The van der Waals surface area contributed by atoms with Gasteiger partial charge in [-0.15, -0.1) is 0 Å². The van der Waals surface area contributed by atoms with E-state index in [9.17, 15) is 9.59 Å². The first-order chi connectivity index (χ1) is 9.16. The summed E-state index contributed by atoms with van der Waals surface area (Å²) in [5.41, 5.74) is 1.35. The second kappa shape index (κ2) is 6.20. The summed E-state index contributed by atoms with van der Waals surface area (Å²) in [6, 6.07) is 10.6. The Labute approximate surface area is 115 Å². The fourth-order valence-electron chi connectivity index (χ4n) is 1.65. The molecule has 1 aromatic heterocycles. The van der Waals surface area contributed by atoms with Crippen molar-refractivity contribution in [2.75, 3.05) is 6.54 Å². The summed E-state index contributed by atoms with van der Waals surface area (Å²) in [4.78, 5) is 25.9. The zero-order valence-corrected chi connectivity index (χ0v) is 10.9. The molecule has 1 heterocycles. The lowest BCUT2D eigenvalue weighted by molar-refractivity contribution is -0.117. The SMILES string of the molecule is O=C(NCCc1ccc(Cl)cc1)C(=O)c1ccc[nH]1. The van der Waals surface area contributed by atoms with E-state index in [0.717, 1.165) is 5.56 Å². The highest BCUT2D eigenvalue weighted by Gasteiger charge is 2.15. The molecule has 1 amide bonds. The van der Waals surface area contributed by atoms with Gasteiger partial charge in [0.2, 0.25) is 0 Å². The van der Waals surface area contributed by atoms with Crippen molar-refractivity contribution >= 4 is 23.3 Å². The molecule has 4 nitrogen and oxygen atoms in total. The van der Waals surface area contributed by atoms with Crippen LogP contribution in [0.1, 0.15) is 16.1 Å². The summed E-state index contributed by atoms with van der Waals surface area (Å²) < 4.78 is 0. The smallest absolute Gasteiger partial charge is 0.293 e. The number of halogens is 1. The number of hydrogen-bond acceptors (Lipinski definition) is 2. The minimum Gasteiger partial charge on any atom is -0.358 e. The van der Waals surface area contributed by atoms with Crippen LogP contribution in [0.2, 0.25) is 5.02 Å². The van der Waals surface area contributed by atoms with E-state index in [2.05, 4.69) is 10.3 Å². The van der Waals surface area contributed by atoms with Crippen LogP contribution in [0.15, 0.2) is 42.6 Å². The third kappa shape index (κ3) is 3.69. The first-order valence-electron chi connectivity index (χ1n) is 5.87. The highest BCUT2D eigenvalue weighted by atomic mass is 35.5. The number of carbonyl (C=O) groups is 2. The molecule has 0 spiro atoms. The number of benzene rings is 1. The van der Waals surface area contributed by atoms with Crippen molar-refractivity contribution in [3.8, 4) is 0 Å². The van der Waals surface area contributed by atoms with Gasteiger partial charge in [-0.1, -0.05) is 23.7 Å². The molecule has 0 fully saturated rings. The maximum Gasteiger partial charge on any atom is 0.293 e. The predicted octanol–water partition coefficient (Wildman–Crippen LogP) is 2.21. The standard InChI is InChI=1S/C14H13ClN2O2/c15-11-5-3-10(4-6-11)7-9-17-14(19)13(18)12-2-1-8-16-12/h1-6,8,16H,7,9H2,(H,17,19). The Morgan fingerprint density at radius 2 is 1.89 bits per heavy atom. The molecule has 0 aliphatic heterocycles. The highest BCUT2D eigenvalue weighted by Crippen LogP contribution is 2.09. The minimum absolute atomic E-state index is 0.295. The maximum atomic E-state index is 11.6. The van der Waals surface area contributed by atoms with E-state index in [1.54, 1.807) is 30.5 Å². The molecule has 0 saturated heterocycles. The van der Waals surface area contributed by atoms with E-state index in [1.807, 2.05) is 12.1 Å². The number of nitrogens with one attached hydrogen (secondary N) is 2. The number of carbonyl (C=O) groups excluding carboxylic acids is 2. The molecule has 2 aromatic rings. The van der Waals surface area contributed by atoms with Crippen LogP contribution in [-0.2, 0) is 11.2 Å². The summed E-state index contributed by atoms with van der Waals surface area (Å²) in [7, 11) is 0. The molecule has 0 radical (unpaired) electrons. The van der Waals surface area contributed by atoms with Crippen molar-refractivity contribution in [3.63, 3.8) is 0 Å². The van der Waals surface area contributed by atoms with E-state index in [1.165, 1.54) is 0 Å². The van der Waals surface area contributed by atoms with E-state index in [0.29, 0.717) is 23.7 Å². The predicted molar refractivity (Wildman–Crippen MR) is 73.3 cm³/mol. The van der Waals surface area contributed by atoms with Crippen LogP contribution in [0.4, 0.5) is 0 Å². The molecular formula is C14H13ClN2O2. The van der Waals surface area contributed by atoms with Gasteiger partial charge in [0.05, 0.1) is 5.69 Å². The second-order valence-electron chi connectivity index (χ2n) is 4.05. The number of aromatic amines is 1. The van der Waals surface area contributed by atoms with Gasteiger partial charge in [-0.2, -0.15) is 0 Å². The number of H-pyrrole nitrogens is 1. The van der Waals surface area contributed by atoms with Gasteiger partial charge in [0.1, 0.15) is 0 Å². The Bertz CT molecular complexity index is 562. The second-order valence-corrected chi connectivity index (χ2v) is 4.48. The van der Waals surface area contributed by atoms with Crippen molar-refractivity contribution in [2.24, 2.45) is 0 Å². The average Bonchev–Trinajstić information content (AvgIpc) is 2.94. The van der Waals surface area contributed by atoms with Crippen LogP contribution >= 0.6 is 11.6 Å². The van der Waals surface area contributed by atoms with Gasteiger partial charge in [-0.3, -0.25) is 9.59 Å². The Hall–Kier alpha value is -2.07. The molecule has 0 aliphatic rings. The average molecular weight is 277 g/mol. The topological polar surface area (TPSA) is 62.0 Å². The van der Waals surface area contributed by atoms with E-state index in [4.69, 9.17) is 11.6 Å². The normalized spacial score (nSPS) is 10.2. The van der Waals surface area contributed by atoms with Gasteiger partial charge < -0.3 is 10.3 Å². The van der Waals surface area contributed by atoms with Crippen molar-refractivity contribution in [1.82, 2.24) is 10.3 Å². The van der Waals surface area contributed by atoms with Crippen molar-refractivity contribution < 1.29 is 9.59 Å². The molecule has 2 N–H and O–H groups in total. The minimum atomic E-state index is -0.601. The van der Waals surface area contributed by atoms with Gasteiger partial charge >= 0.3 is 0 Å². The lowest BCUT2D eigenvalue weighted by Crippen LogP contribution is -2.32. The van der Waals surface area contributed by atoms with Crippen LogP contribution in [-0.4, -0.2) is 23.2 Å². The number of amides is 1. The van der Waals surface area contributed by atoms with Crippen molar-refractivity contribution in [3.05, 3.63) is 58.9 Å². The molecule has 0 saturated carbocycles. The van der Waals surface area contributed by atoms with Crippen molar-refractivity contribution in [2.45, 2.75) is 6.42 Å². The quantitative estimate of drug-likeness (QED) is 0.650. The van der Waals surface area contributed by atoms with E-state index < -0.39 is 11.7 Å². The number of hydrogen-bond donors (Lipinski definition) is 2. The molecule has 0 aliphatic carbocycles. The molecule has 19 heavy (non-hydrogen) atoms. The zero-order chi connectivity index (χ0) is 13.7. The van der Waals surface area contributed by atoms with Gasteiger partial charge in [0.15, 0.2) is 0 Å². The number of ketones is 1. The molecule has 2 rings (SSSR count). The van der Waals surface area contributed by atoms with Gasteiger partial charge in [-0.25, -0.2) is 0 Å². The maximum absolute atomic E-state index is 11.6. The number of rotatable bonds is 5. The summed E-state index contributed by atoms with van der Waals surface area (Å²) in [5, 5.41) is 3.27. The van der Waals surface area contributed by atoms with Crippen molar-refractivity contribution in [1.29, 1.82) is 0 Å². The summed E-state index contributed by atoms with van der Waals surface area (Å²) in [5.74, 6) is -1.16. The summed E-state index contributed by atoms with van der Waals surface area (Å²) in [6.45, 7) is 0.410. The number of Topliss-reactive ketones (excluding diaryl/α,β-unsaturated/α-hetero) is 1. The first kappa shape index (κ1) is 13.4. The monoisotopic (exact) mass is 276 g/mol. The van der Waals surface area contributed by atoms with Crippen LogP contribution in [0.3, 0.4) is 0 Å². The largest absolute Gasteiger partial charge is 0.358 e. The van der Waals surface area contributed by atoms with E-state index in [-0.39, 0.29) is 0 Å². The molecule has 1 aromatic carbocycles. The van der Waals surface area contributed by atoms with Crippen LogP contribution in [0.25, 0.3) is 0 Å². The molecular weight excluding hydrogens is 264 g/mol. The fourth-order valence-corrected chi connectivity index (χ4v) is 1.77. The Balaban J connectivity index is 1.81. The summed E-state index contributed by atoms with van der Waals surface area (Å²) in [6.07, 6.45) is 2.26. The zero-order valence-electron chi connectivity index (χ0n) is 10.2. The molecule has 0 bridgehead atoms. The summed E-state index contributed by atoms with van der Waals surface area (Å²) >= 11 is 5.78. The molecule has 0 unspecified atom stereocenters. The van der Waals surface area contributed by atoms with E-state index >= 15 is 0 Å². The van der Waals surface area contributed by atoms with Gasteiger partial charge in [0.25, 0.3) is 11.7 Å². The number of aromatic nitrogens is 1. The Morgan fingerprint density at radius 3 is 2.53 bits per heavy atom. The third-order valence-corrected chi connectivity index (χ3v) is 2.91. The van der Waals surface area contributed by atoms with Gasteiger partial charge in [0, 0.05) is 17.8 Å².